The highest BCUT2D eigenvalue weighted by molar-refractivity contribution is 6.30. The number of allylic oxidation sites excluding steroid dienone is 1. The zero-order chi connectivity index (χ0) is 14.4. The molecule has 1 aromatic rings. The van der Waals surface area contributed by atoms with Crippen molar-refractivity contribution in [2.75, 3.05) is 13.7 Å². The van der Waals surface area contributed by atoms with Crippen molar-refractivity contribution in [3.63, 3.8) is 0 Å². The Bertz CT molecular complexity index is 482. The Morgan fingerprint density at radius 3 is 2.75 bits per heavy atom. The van der Waals surface area contributed by atoms with E-state index in [-0.39, 0.29) is 0 Å². The fourth-order valence-corrected chi connectivity index (χ4v) is 2.29. The Balaban J connectivity index is 1.72. The van der Waals surface area contributed by atoms with Crippen LogP contribution in [0.3, 0.4) is 0 Å². The molecule has 3 nitrogen and oxygen atoms in total. The molecule has 2 N–H and O–H groups in total. The molecule has 0 amide bonds. The zero-order valence-electron chi connectivity index (χ0n) is 11.6. The first kappa shape index (κ1) is 15.1. The van der Waals surface area contributed by atoms with E-state index < -0.39 is 6.10 Å². The van der Waals surface area contributed by atoms with Gasteiger partial charge in [-0.3, -0.25) is 0 Å². The fourth-order valence-electron chi connectivity index (χ4n) is 2.16. The van der Waals surface area contributed by atoms with Crippen LogP contribution in [0.25, 0.3) is 0 Å². The Morgan fingerprint density at radius 1 is 1.40 bits per heavy atom. The van der Waals surface area contributed by atoms with E-state index in [4.69, 9.17) is 16.3 Å². The number of halogens is 1. The maximum atomic E-state index is 10.1. The fraction of sp³-hybridized carbons (Fsp3) is 0.375. The predicted octanol–water partition coefficient (Wildman–Crippen LogP) is 3.21. The quantitative estimate of drug-likeness (QED) is 0.846. The van der Waals surface area contributed by atoms with E-state index in [0.29, 0.717) is 17.5 Å². The molecule has 1 aliphatic rings. The first-order chi connectivity index (χ1) is 9.69. The van der Waals surface area contributed by atoms with E-state index in [1.807, 2.05) is 18.2 Å². The first-order valence-electron chi connectivity index (χ1n) is 6.78. The van der Waals surface area contributed by atoms with Gasteiger partial charge in [0.25, 0.3) is 0 Å². The van der Waals surface area contributed by atoms with Crippen LogP contribution < -0.4 is 5.32 Å². The van der Waals surface area contributed by atoms with Crippen LogP contribution in [0.1, 0.15) is 24.5 Å². The average molecular weight is 294 g/mol. The second-order valence-electron chi connectivity index (χ2n) is 4.82. The summed E-state index contributed by atoms with van der Waals surface area (Å²) in [5.74, 6) is 0.907. The van der Waals surface area contributed by atoms with Crippen molar-refractivity contribution >= 4 is 11.6 Å². The average Bonchev–Trinajstić information content (AvgIpc) is 2.48. The van der Waals surface area contributed by atoms with Gasteiger partial charge in [0.1, 0.15) is 5.76 Å². The van der Waals surface area contributed by atoms with Crippen molar-refractivity contribution in [2.24, 2.45) is 0 Å². The maximum absolute atomic E-state index is 10.1. The largest absolute Gasteiger partial charge is 0.497 e. The molecule has 0 saturated carbocycles. The van der Waals surface area contributed by atoms with Gasteiger partial charge in [0.05, 0.1) is 13.2 Å². The standard InChI is InChI=1S/C16H20ClNO2/c1-20-15-8-6-14(7-9-15)18-11-10-16(19)12-2-4-13(17)5-3-12/h2-6,8-9,14,16,18-19H,7,10-11H2,1H3. The van der Waals surface area contributed by atoms with Crippen molar-refractivity contribution < 1.29 is 9.84 Å². The molecule has 0 aliphatic heterocycles. The molecule has 1 aromatic carbocycles. The van der Waals surface area contributed by atoms with Crippen molar-refractivity contribution in [2.45, 2.75) is 25.0 Å². The van der Waals surface area contributed by atoms with E-state index >= 15 is 0 Å². The van der Waals surface area contributed by atoms with Crippen LogP contribution in [0.5, 0.6) is 0 Å². The van der Waals surface area contributed by atoms with Gasteiger partial charge in [-0.1, -0.05) is 29.8 Å². The molecular weight excluding hydrogens is 274 g/mol. The van der Waals surface area contributed by atoms with Crippen LogP contribution in [-0.4, -0.2) is 24.8 Å². The summed E-state index contributed by atoms with van der Waals surface area (Å²) in [5, 5.41) is 14.2. The Hall–Kier alpha value is -1.29. The predicted molar refractivity (Wildman–Crippen MR) is 81.7 cm³/mol. The Kier molecular flexibility index (Phi) is 5.65. The van der Waals surface area contributed by atoms with Gasteiger partial charge in [-0.25, -0.2) is 0 Å². The van der Waals surface area contributed by atoms with Gasteiger partial charge >= 0.3 is 0 Å². The van der Waals surface area contributed by atoms with Gasteiger partial charge < -0.3 is 15.2 Å². The summed E-state index contributed by atoms with van der Waals surface area (Å²) in [6.07, 6.45) is 7.25. The number of hydrogen-bond acceptors (Lipinski definition) is 3. The van der Waals surface area contributed by atoms with E-state index in [9.17, 15) is 5.11 Å². The summed E-state index contributed by atoms with van der Waals surface area (Å²) < 4.78 is 5.15. The number of rotatable bonds is 6. The lowest BCUT2D eigenvalue weighted by atomic mass is 10.1. The molecule has 0 radical (unpaired) electrons. The topological polar surface area (TPSA) is 41.5 Å². The Morgan fingerprint density at radius 2 is 2.15 bits per heavy atom. The highest BCUT2D eigenvalue weighted by atomic mass is 35.5. The molecule has 0 aromatic heterocycles. The maximum Gasteiger partial charge on any atom is 0.114 e. The molecule has 108 valence electrons. The second-order valence-corrected chi connectivity index (χ2v) is 5.26. The molecule has 20 heavy (non-hydrogen) atoms. The third-order valence-corrected chi connectivity index (χ3v) is 3.63. The molecule has 0 bridgehead atoms. The van der Waals surface area contributed by atoms with Crippen LogP contribution >= 0.6 is 11.6 Å². The summed E-state index contributed by atoms with van der Waals surface area (Å²) in [6, 6.07) is 7.64. The third kappa shape index (κ3) is 4.37. The summed E-state index contributed by atoms with van der Waals surface area (Å²) in [4.78, 5) is 0. The highest BCUT2D eigenvalue weighted by Gasteiger charge is 2.10. The smallest absolute Gasteiger partial charge is 0.114 e. The summed E-state index contributed by atoms with van der Waals surface area (Å²) in [7, 11) is 1.67. The monoisotopic (exact) mass is 293 g/mol. The highest BCUT2D eigenvalue weighted by Crippen LogP contribution is 2.19. The van der Waals surface area contributed by atoms with E-state index in [2.05, 4.69) is 17.5 Å². The number of aliphatic hydroxyl groups is 1. The number of ether oxygens (including phenoxy) is 1. The van der Waals surface area contributed by atoms with E-state index in [0.717, 1.165) is 24.3 Å². The summed E-state index contributed by atoms with van der Waals surface area (Å²) in [6.45, 7) is 0.759. The molecule has 0 saturated heterocycles. The molecule has 1 aliphatic carbocycles. The SMILES string of the molecule is COC1=CCC(NCCC(O)c2ccc(Cl)cc2)C=C1. The van der Waals surface area contributed by atoms with Crippen LogP contribution in [-0.2, 0) is 4.74 Å². The van der Waals surface area contributed by atoms with E-state index in [1.165, 1.54) is 0 Å². The van der Waals surface area contributed by atoms with Crippen LogP contribution in [0.2, 0.25) is 5.02 Å². The van der Waals surface area contributed by atoms with Gasteiger partial charge in [-0.2, -0.15) is 0 Å². The van der Waals surface area contributed by atoms with Crippen LogP contribution in [0.15, 0.2) is 48.3 Å². The van der Waals surface area contributed by atoms with E-state index in [1.54, 1.807) is 19.2 Å². The summed E-state index contributed by atoms with van der Waals surface area (Å²) >= 11 is 5.83. The number of nitrogens with one attached hydrogen (secondary N) is 1. The molecule has 2 unspecified atom stereocenters. The minimum atomic E-state index is -0.461. The molecule has 0 heterocycles. The summed E-state index contributed by atoms with van der Waals surface area (Å²) in [5.41, 5.74) is 0.900. The minimum Gasteiger partial charge on any atom is -0.497 e. The zero-order valence-corrected chi connectivity index (χ0v) is 12.3. The lowest BCUT2D eigenvalue weighted by Gasteiger charge is -2.18. The number of methoxy groups -OCH3 is 1. The molecule has 0 spiro atoms. The second kappa shape index (κ2) is 7.48. The van der Waals surface area contributed by atoms with Crippen molar-refractivity contribution in [1.29, 1.82) is 0 Å². The van der Waals surface area contributed by atoms with Gasteiger partial charge in [0.15, 0.2) is 0 Å². The van der Waals surface area contributed by atoms with Gasteiger partial charge in [0.2, 0.25) is 0 Å². The molecular formula is C16H20ClNO2. The Labute approximate surface area is 124 Å². The van der Waals surface area contributed by atoms with Crippen molar-refractivity contribution in [3.05, 3.63) is 58.8 Å². The van der Waals surface area contributed by atoms with Crippen LogP contribution in [0.4, 0.5) is 0 Å². The number of aliphatic hydroxyl groups excluding tert-OH is 1. The number of benzene rings is 1. The molecule has 2 rings (SSSR count). The first-order valence-corrected chi connectivity index (χ1v) is 7.16. The molecule has 0 fully saturated rings. The minimum absolute atomic E-state index is 0.311. The van der Waals surface area contributed by atoms with Crippen molar-refractivity contribution in [3.8, 4) is 0 Å². The van der Waals surface area contributed by atoms with Crippen molar-refractivity contribution in [1.82, 2.24) is 5.32 Å². The molecule has 2 atom stereocenters. The van der Waals surface area contributed by atoms with Gasteiger partial charge in [0, 0.05) is 11.1 Å². The lowest BCUT2D eigenvalue weighted by molar-refractivity contribution is 0.166. The van der Waals surface area contributed by atoms with Crippen LogP contribution in [0, 0.1) is 0 Å². The van der Waals surface area contributed by atoms with Gasteiger partial charge in [-0.15, -0.1) is 0 Å². The lowest BCUT2D eigenvalue weighted by Crippen LogP contribution is -2.29. The van der Waals surface area contributed by atoms with Gasteiger partial charge in [-0.05, 0) is 49.2 Å². The molecule has 4 heteroatoms. The number of hydrogen-bond donors (Lipinski definition) is 2. The third-order valence-electron chi connectivity index (χ3n) is 3.38. The normalized spacial score (nSPS) is 19.6.